The summed E-state index contributed by atoms with van der Waals surface area (Å²) in [5, 5.41) is 22.1. The van der Waals surface area contributed by atoms with Crippen molar-refractivity contribution in [3.8, 4) is 0 Å². The van der Waals surface area contributed by atoms with Gasteiger partial charge in [0.15, 0.2) is 0 Å². The summed E-state index contributed by atoms with van der Waals surface area (Å²) < 4.78 is 0.814. The fourth-order valence-electron chi connectivity index (χ4n) is 2.12. The lowest BCUT2D eigenvalue weighted by molar-refractivity contribution is -0.385. The molecule has 0 radical (unpaired) electrons. The van der Waals surface area contributed by atoms with Gasteiger partial charge >= 0.3 is 0 Å². The Bertz CT molecular complexity index is 816. The molecule has 3 rings (SSSR count). The van der Waals surface area contributed by atoms with E-state index in [4.69, 9.17) is 0 Å². The fraction of sp³-hybridized carbons (Fsp3) is 0.0714. The van der Waals surface area contributed by atoms with Gasteiger partial charge in [-0.25, -0.2) is 0 Å². The molecule has 0 unspecified atom stereocenters. The first kappa shape index (κ1) is 13.6. The smallest absolute Gasteiger partial charge is 0.274 e. The second-order valence-electron chi connectivity index (χ2n) is 4.56. The first-order valence-electron chi connectivity index (χ1n) is 6.23. The topological polar surface area (TPSA) is 83.8 Å². The van der Waals surface area contributed by atoms with Crippen LogP contribution in [0.4, 0.5) is 11.4 Å². The van der Waals surface area contributed by atoms with Crippen LogP contribution in [0.15, 0.2) is 47.1 Å². The van der Waals surface area contributed by atoms with Crippen LogP contribution in [0.3, 0.4) is 0 Å². The number of anilines is 1. The molecule has 0 aliphatic carbocycles. The molecule has 2 N–H and O–H groups in total. The number of hydrogen-bond acceptors (Lipinski definition) is 4. The second kappa shape index (κ2) is 5.53. The highest BCUT2D eigenvalue weighted by Crippen LogP contribution is 2.24. The molecule has 0 amide bonds. The number of nitro groups is 1. The second-order valence-corrected chi connectivity index (χ2v) is 5.47. The average Bonchev–Trinajstić information content (AvgIpc) is 2.92. The standard InChI is InChI=1S/C14H11BrN4O2/c15-11-2-4-14(19(20)21)10(5-11)7-16-12-3-1-9-8-17-18-13(9)6-12/h1-6,8,16H,7H2,(H,17,18). The minimum Gasteiger partial charge on any atom is -0.381 e. The lowest BCUT2D eigenvalue weighted by Gasteiger charge is -2.07. The molecule has 0 fully saturated rings. The Morgan fingerprint density at radius 2 is 2.14 bits per heavy atom. The van der Waals surface area contributed by atoms with Crippen LogP contribution in [0.1, 0.15) is 5.56 Å². The Labute approximate surface area is 128 Å². The lowest BCUT2D eigenvalue weighted by atomic mass is 10.1. The van der Waals surface area contributed by atoms with E-state index in [1.807, 2.05) is 18.2 Å². The van der Waals surface area contributed by atoms with Crippen molar-refractivity contribution in [1.29, 1.82) is 0 Å². The van der Waals surface area contributed by atoms with E-state index in [1.54, 1.807) is 18.3 Å². The molecular formula is C14H11BrN4O2. The highest BCUT2D eigenvalue weighted by Gasteiger charge is 2.13. The zero-order chi connectivity index (χ0) is 14.8. The Morgan fingerprint density at radius 3 is 2.95 bits per heavy atom. The molecule has 0 spiro atoms. The van der Waals surface area contributed by atoms with E-state index in [-0.39, 0.29) is 10.6 Å². The SMILES string of the molecule is O=[N+]([O-])c1ccc(Br)cc1CNc1ccc2cn[nH]c2c1. The third-order valence-corrected chi connectivity index (χ3v) is 3.66. The van der Waals surface area contributed by atoms with Crippen LogP contribution in [0.2, 0.25) is 0 Å². The summed E-state index contributed by atoms with van der Waals surface area (Å²) in [7, 11) is 0. The monoisotopic (exact) mass is 346 g/mol. The molecule has 6 nitrogen and oxygen atoms in total. The molecule has 1 heterocycles. The number of aromatic nitrogens is 2. The van der Waals surface area contributed by atoms with E-state index < -0.39 is 0 Å². The predicted octanol–water partition coefficient (Wildman–Crippen LogP) is 3.85. The van der Waals surface area contributed by atoms with Crippen LogP contribution in [0, 0.1) is 10.1 Å². The van der Waals surface area contributed by atoms with Crippen LogP contribution in [-0.2, 0) is 6.54 Å². The minimum atomic E-state index is -0.373. The quantitative estimate of drug-likeness (QED) is 0.555. The molecule has 0 aliphatic heterocycles. The maximum absolute atomic E-state index is 11.0. The molecule has 0 atom stereocenters. The Balaban J connectivity index is 1.83. The molecule has 7 heteroatoms. The summed E-state index contributed by atoms with van der Waals surface area (Å²) in [6, 6.07) is 10.7. The zero-order valence-electron chi connectivity index (χ0n) is 10.8. The van der Waals surface area contributed by atoms with E-state index in [0.29, 0.717) is 12.1 Å². The summed E-state index contributed by atoms with van der Waals surface area (Å²) in [6.45, 7) is 0.370. The van der Waals surface area contributed by atoms with Gasteiger partial charge in [-0.15, -0.1) is 0 Å². The first-order chi connectivity index (χ1) is 10.1. The first-order valence-corrected chi connectivity index (χ1v) is 7.02. The zero-order valence-corrected chi connectivity index (χ0v) is 12.4. The summed E-state index contributed by atoms with van der Waals surface area (Å²) in [4.78, 5) is 10.7. The number of nitrogens with one attached hydrogen (secondary N) is 2. The predicted molar refractivity (Wildman–Crippen MR) is 84.2 cm³/mol. The number of hydrogen-bond donors (Lipinski definition) is 2. The van der Waals surface area contributed by atoms with Gasteiger partial charge in [-0.1, -0.05) is 15.9 Å². The maximum Gasteiger partial charge on any atom is 0.274 e. The van der Waals surface area contributed by atoms with E-state index in [9.17, 15) is 10.1 Å². The van der Waals surface area contributed by atoms with Crippen molar-refractivity contribution in [2.75, 3.05) is 5.32 Å². The number of nitro benzene ring substituents is 1. The third kappa shape index (κ3) is 2.87. The summed E-state index contributed by atoms with van der Waals surface area (Å²) in [5.41, 5.74) is 2.53. The molecule has 1 aromatic heterocycles. The van der Waals surface area contributed by atoms with Crippen LogP contribution in [-0.4, -0.2) is 15.1 Å². The lowest BCUT2D eigenvalue weighted by Crippen LogP contribution is -2.03. The number of rotatable bonds is 4. The highest BCUT2D eigenvalue weighted by molar-refractivity contribution is 9.10. The molecule has 106 valence electrons. The molecule has 2 aromatic carbocycles. The largest absolute Gasteiger partial charge is 0.381 e. The van der Waals surface area contributed by atoms with Crippen LogP contribution >= 0.6 is 15.9 Å². The van der Waals surface area contributed by atoms with Gasteiger partial charge in [0.05, 0.1) is 16.6 Å². The summed E-state index contributed by atoms with van der Waals surface area (Å²) in [5.74, 6) is 0. The van der Waals surface area contributed by atoms with Gasteiger partial charge in [-0.2, -0.15) is 5.10 Å². The van der Waals surface area contributed by atoms with Gasteiger partial charge in [-0.05, 0) is 30.3 Å². The van der Waals surface area contributed by atoms with E-state index in [0.717, 1.165) is 21.1 Å². The number of benzene rings is 2. The van der Waals surface area contributed by atoms with Gasteiger partial charge in [0.25, 0.3) is 5.69 Å². The van der Waals surface area contributed by atoms with Crippen molar-refractivity contribution >= 4 is 38.2 Å². The molecule has 21 heavy (non-hydrogen) atoms. The number of fused-ring (bicyclic) bond motifs is 1. The molecule has 0 saturated carbocycles. The highest BCUT2D eigenvalue weighted by atomic mass is 79.9. The van der Waals surface area contributed by atoms with Crippen molar-refractivity contribution in [1.82, 2.24) is 10.2 Å². The van der Waals surface area contributed by atoms with Crippen LogP contribution < -0.4 is 5.32 Å². The van der Waals surface area contributed by atoms with Crippen molar-refractivity contribution in [2.45, 2.75) is 6.54 Å². The minimum absolute atomic E-state index is 0.105. The van der Waals surface area contributed by atoms with Crippen molar-refractivity contribution in [2.24, 2.45) is 0 Å². The molecule has 3 aromatic rings. The van der Waals surface area contributed by atoms with Gasteiger partial charge in [0, 0.05) is 33.7 Å². The normalized spacial score (nSPS) is 10.7. The maximum atomic E-state index is 11.0. The summed E-state index contributed by atoms with van der Waals surface area (Å²) >= 11 is 3.34. The van der Waals surface area contributed by atoms with E-state index in [1.165, 1.54) is 6.07 Å². The van der Waals surface area contributed by atoms with Gasteiger partial charge in [-0.3, -0.25) is 15.2 Å². The van der Waals surface area contributed by atoms with Crippen molar-refractivity contribution in [3.05, 3.63) is 62.7 Å². The number of halogens is 1. The van der Waals surface area contributed by atoms with Crippen molar-refractivity contribution in [3.63, 3.8) is 0 Å². The summed E-state index contributed by atoms with van der Waals surface area (Å²) in [6.07, 6.45) is 1.75. The molecule has 0 aliphatic rings. The number of nitrogens with zero attached hydrogens (tertiary/aromatic N) is 2. The number of H-pyrrole nitrogens is 1. The van der Waals surface area contributed by atoms with Crippen LogP contribution in [0.25, 0.3) is 10.9 Å². The van der Waals surface area contributed by atoms with Gasteiger partial charge < -0.3 is 5.32 Å². The Morgan fingerprint density at radius 1 is 1.29 bits per heavy atom. The van der Waals surface area contributed by atoms with E-state index >= 15 is 0 Å². The van der Waals surface area contributed by atoms with Gasteiger partial charge in [0.2, 0.25) is 0 Å². The molecule has 0 bridgehead atoms. The van der Waals surface area contributed by atoms with E-state index in [2.05, 4.69) is 31.4 Å². The number of aromatic amines is 1. The molecule has 0 saturated heterocycles. The van der Waals surface area contributed by atoms with Crippen LogP contribution in [0.5, 0.6) is 0 Å². The molecular weight excluding hydrogens is 336 g/mol. The average molecular weight is 347 g/mol. The Hall–Kier alpha value is -2.41. The fourth-order valence-corrected chi connectivity index (χ4v) is 2.53. The Kier molecular flexibility index (Phi) is 3.57. The third-order valence-electron chi connectivity index (χ3n) is 3.16. The van der Waals surface area contributed by atoms with Crippen molar-refractivity contribution < 1.29 is 4.92 Å². The van der Waals surface area contributed by atoms with Gasteiger partial charge in [0.1, 0.15) is 0 Å².